The van der Waals surface area contributed by atoms with Gasteiger partial charge >= 0.3 is 0 Å². The van der Waals surface area contributed by atoms with Crippen LogP contribution in [0.5, 0.6) is 5.75 Å². The first kappa shape index (κ1) is 10.9. The van der Waals surface area contributed by atoms with Crippen molar-refractivity contribution in [2.45, 2.75) is 0 Å². The summed E-state index contributed by atoms with van der Waals surface area (Å²) >= 11 is 0. The van der Waals surface area contributed by atoms with Crippen LogP contribution in [-0.4, -0.2) is 17.2 Å². The van der Waals surface area contributed by atoms with E-state index in [1.54, 1.807) is 0 Å². The van der Waals surface area contributed by atoms with Crippen molar-refractivity contribution < 1.29 is 14.0 Å². The lowest BCUT2D eigenvalue weighted by Gasteiger charge is -2.13. The van der Waals surface area contributed by atoms with E-state index in [1.165, 1.54) is 24.3 Å². The molecule has 0 spiro atoms. The van der Waals surface area contributed by atoms with Crippen LogP contribution in [0.15, 0.2) is 36.4 Å². The molecular weight excluding hydrogens is 229 g/mol. The number of non-ortho nitro benzene ring substituents is 1. The lowest BCUT2D eigenvalue weighted by molar-refractivity contribution is -0.384. The molecule has 84 valence electrons. The van der Waals surface area contributed by atoms with Crippen LogP contribution in [0.25, 0.3) is 0 Å². The van der Waals surface area contributed by atoms with E-state index in [4.69, 9.17) is 4.52 Å². The molecule has 5 nitrogen and oxygen atoms in total. The van der Waals surface area contributed by atoms with Crippen molar-refractivity contribution in [2.24, 2.45) is 0 Å². The number of nitrogens with zero attached hydrogens (tertiary/aromatic N) is 1. The fourth-order valence-corrected chi connectivity index (χ4v) is 3.18. The number of nitro benzene ring substituents is 1. The van der Waals surface area contributed by atoms with Crippen molar-refractivity contribution in [2.75, 3.05) is 12.3 Å². The van der Waals surface area contributed by atoms with Gasteiger partial charge in [0.05, 0.1) is 17.2 Å². The van der Waals surface area contributed by atoms with Gasteiger partial charge in [0.2, 0.25) is 0 Å². The third-order valence-corrected chi connectivity index (χ3v) is 4.33. The average molecular weight is 239 g/mol. The number of hydrogen-bond acceptors (Lipinski definition) is 4. The number of rotatable bonds is 3. The zero-order chi connectivity index (χ0) is 11.6. The van der Waals surface area contributed by atoms with Gasteiger partial charge in [0.15, 0.2) is 0 Å². The van der Waals surface area contributed by atoms with Gasteiger partial charge in [0.25, 0.3) is 13.1 Å². The van der Waals surface area contributed by atoms with Gasteiger partial charge in [-0.3, -0.25) is 14.7 Å². The summed E-state index contributed by atoms with van der Waals surface area (Å²) in [7, 11) is -2.61. The lowest BCUT2D eigenvalue weighted by atomic mass is 10.3. The first-order valence-corrected chi connectivity index (χ1v) is 6.76. The first-order valence-electron chi connectivity index (χ1n) is 4.76. The molecule has 0 fully saturated rings. The Hall–Kier alpha value is -1.61. The Bertz CT molecular complexity index is 468. The van der Waals surface area contributed by atoms with Gasteiger partial charge in [0.1, 0.15) is 5.75 Å². The average Bonchev–Trinajstić information content (AvgIpc) is 2.65. The molecule has 0 aliphatic carbocycles. The van der Waals surface area contributed by atoms with Gasteiger partial charge in [-0.1, -0.05) is 12.2 Å². The maximum Gasteiger partial charge on any atom is 0.269 e. The maximum atomic E-state index is 12.0. The van der Waals surface area contributed by atoms with E-state index >= 15 is 0 Å². The molecule has 0 amide bonds. The Kier molecular flexibility index (Phi) is 2.79. The largest absolute Gasteiger partial charge is 0.442 e. The molecule has 0 aromatic heterocycles. The van der Waals surface area contributed by atoms with Gasteiger partial charge in [0, 0.05) is 12.1 Å². The molecule has 1 aliphatic heterocycles. The van der Waals surface area contributed by atoms with E-state index in [0.29, 0.717) is 18.1 Å². The van der Waals surface area contributed by atoms with Crippen molar-refractivity contribution in [1.29, 1.82) is 0 Å². The Labute approximate surface area is 92.3 Å². The second-order valence-corrected chi connectivity index (χ2v) is 6.04. The molecule has 1 heterocycles. The van der Waals surface area contributed by atoms with Crippen LogP contribution in [0.1, 0.15) is 0 Å². The number of allylic oxidation sites excluding steroid dienone is 2. The van der Waals surface area contributed by atoms with Crippen molar-refractivity contribution in [3.8, 4) is 5.75 Å². The maximum absolute atomic E-state index is 12.0. The summed E-state index contributed by atoms with van der Waals surface area (Å²) in [4.78, 5) is 9.94. The van der Waals surface area contributed by atoms with Crippen LogP contribution in [0.2, 0.25) is 0 Å². The molecule has 0 bridgehead atoms. The second kappa shape index (κ2) is 4.10. The van der Waals surface area contributed by atoms with Gasteiger partial charge in [-0.05, 0) is 12.1 Å². The topological polar surface area (TPSA) is 69.4 Å². The smallest absolute Gasteiger partial charge is 0.269 e. The highest BCUT2D eigenvalue weighted by molar-refractivity contribution is 7.60. The lowest BCUT2D eigenvalue weighted by Crippen LogP contribution is -1.95. The molecule has 0 atom stereocenters. The molecule has 1 aliphatic rings. The molecule has 0 radical (unpaired) electrons. The Morgan fingerprint density at radius 1 is 1.19 bits per heavy atom. The van der Waals surface area contributed by atoms with E-state index in [9.17, 15) is 14.7 Å². The Balaban J connectivity index is 2.11. The molecular formula is C10H10NO4P. The third-order valence-electron chi connectivity index (χ3n) is 2.25. The number of nitro groups is 1. The van der Waals surface area contributed by atoms with E-state index in [0.717, 1.165) is 0 Å². The van der Waals surface area contributed by atoms with E-state index in [-0.39, 0.29) is 5.69 Å². The monoisotopic (exact) mass is 239 g/mol. The fourth-order valence-electron chi connectivity index (χ4n) is 1.44. The zero-order valence-corrected chi connectivity index (χ0v) is 9.30. The SMILES string of the molecule is O=[N+]([O-])c1ccc(OP2(=O)CC=CC2)cc1. The quantitative estimate of drug-likeness (QED) is 0.352. The Morgan fingerprint density at radius 2 is 1.75 bits per heavy atom. The van der Waals surface area contributed by atoms with Gasteiger partial charge in [-0.2, -0.15) is 0 Å². The first-order chi connectivity index (χ1) is 7.59. The molecule has 6 heteroatoms. The molecule has 2 rings (SSSR count). The summed E-state index contributed by atoms with van der Waals surface area (Å²) in [5.41, 5.74) is -0.00446. The van der Waals surface area contributed by atoms with Crippen LogP contribution in [0.4, 0.5) is 5.69 Å². The molecule has 0 unspecified atom stereocenters. The molecule has 0 N–H and O–H groups in total. The normalized spacial score (nSPS) is 17.2. The molecule has 0 saturated carbocycles. The van der Waals surface area contributed by atoms with Crippen LogP contribution in [0, 0.1) is 10.1 Å². The standard InChI is InChI=1S/C10H10NO4P/c12-11(13)9-3-5-10(6-4-9)15-16(14)7-1-2-8-16/h1-6H,7-8H2. The number of benzene rings is 1. The van der Waals surface area contributed by atoms with Crippen molar-refractivity contribution >= 4 is 13.1 Å². The van der Waals surface area contributed by atoms with E-state index < -0.39 is 12.3 Å². The van der Waals surface area contributed by atoms with Crippen LogP contribution in [0.3, 0.4) is 0 Å². The minimum Gasteiger partial charge on any atom is -0.442 e. The van der Waals surface area contributed by atoms with Crippen LogP contribution < -0.4 is 4.52 Å². The summed E-state index contributed by atoms with van der Waals surface area (Å²) < 4.78 is 17.4. The molecule has 0 saturated heterocycles. The summed E-state index contributed by atoms with van der Waals surface area (Å²) in [6, 6.07) is 5.61. The Morgan fingerprint density at radius 3 is 2.25 bits per heavy atom. The second-order valence-electron chi connectivity index (χ2n) is 3.49. The van der Waals surface area contributed by atoms with Gasteiger partial charge in [-0.25, -0.2) is 0 Å². The summed E-state index contributed by atoms with van der Waals surface area (Å²) in [6.07, 6.45) is 4.52. The highest BCUT2D eigenvalue weighted by Crippen LogP contribution is 2.50. The minimum atomic E-state index is -2.61. The van der Waals surface area contributed by atoms with E-state index in [2.05, 4.69) is 0 Å². The fraction of sp³-hybridized carbons (Fsp3) is 0.200. The zero-order valence-electron chi connectivity index (χ0n) is 8.41. The summed E-state index contributed by atoms with van der Waals surface area (Å²) in [6.45, 7) is 0. The minimum absolute atomic E-state index is 0.00446. The van der Waals surface area contributed by atoms with Crippen LogP contribution in [-0.2, 0) is 4.57 Å². The van der Waals surface area contributed by atoms with Crippen molar-refractivity contribution in [3.63, 3.8) is 0 Å². The molecule has 16 heavy (non-hydrogen) atoms. The number of hydrogen-bond donors (Lipinski definition) is 0. The molecule has 1 aromatic rings. The highest BCUT2D eigenvalue weighted by atomic mass is 31.2. The van der Waals surface area contributed by atoms with Gasteiger partial charge in [-0.15, -0.1) is 0 Å². The van der Waals surface area contributed by atoms with E-state index in [1.807, 2.05) is 12.2 Å². The van der Waals surface area contributed by atoms with Crippen molar-refractivity contribution in [1.82, 2.24) is 0 Å². The van der Waals surface area contributed by atoms with Gasteiger partial charge < -0.3 is 4.52 Å². The third kappa shape index (κ3) is 2.31. The van der Waals surface area contributed by atoms with Crippen LogP contribution >= 0.6 is 7.37 Å². The summed E-state index contributed by atoms with van der Waals surface area (Å²) in [5.74, 6) is 0.414. The van der Waals surface area contributed by atoms with Crippen molar-refractivity contribution in [3.05, 3.63) is 46.5 Å². The predicted octanol–water partition coefficient (Wildman–Crippen LogP) is 2.82. The highest BCUT2D eigenvalue weighted by Gasteiger charge is 2.25. The molecule has 1 aromatic carbocycles. The predicted molar refractivity (Wildman–Crippen MR) is 60.2 cm³/mol. The summed E-state index contributed by atoms with van der Waals surface area (Å²) in [5, 5.41) is 10.4.